The number of fused-ring (bicyclic) bond motifs is 2. The highest BCUT2D eigenvalue weighted by Gasteiger charge is 2.27. The summed E-state index contributed by atoms with van der Waals surface area (Å²) in [6.45, 7) is 9.09. The number of aryl methyl sites for hydroxylation is 2. The molecule has 152 valence electrons. The van der Waals surface area contributed by atoms with E-state index in [1.54, 1.807) is 16.8 Å². The maximum atomic E-state index is 4.39. The number of nitrogens with one attached hydrogen (secondary N) is 1. The molecule has 5 heteroatoms. The minimum absolute atomic E-state index is 0.463. The zero-order chi connectivity index (χ0) is 20.1. The predicted molar refractivity (Wildman–Crippen MR) is 122 cm³/mol. The van der Waals surface area contributed by atoms with Crippen LogP contribution in [0.25, 0.3) is 27.1 Å². The number of nitrogens with zero attached hydrogens (tertiary/aromatic N) is 3. The summed E-state index contributed by atoms with van der Waals surface area (Å²) in [7, 11) is 0. The van der Waals surface area contributed by atoms with E-state index in [0.717, 1.165) is 23.5 Å². The minimum Gasteiger partial charge on any atom is -0.346 e. The molecule has 4 nitrogen and oxygen atoms in total. The molecule has 1 aliphatic rings. The summed E-state index contributed by atoms with van der Waals surface area (Å²) in [5.41, 5.74) is 7.62. The van der Waals surface area contributed by atoms with Gasteiger partial charge in [-0.05, 0) is 60.8 Å². The average Bonchev–Trinajstić information content (AvgIpc) is 3.41. The van der Waals surface area contributed by atoms with Gasteiger partial charge in [-0.3, -0.25) is 0 Å². The number of H-pyrrole nitrogens is 1. The van der Waals surface area contributed by atoms with Gasteiger partial charge in [0, 0.05) is 22.0 Å². The van der Waals surface area contributed by atoms with E-state index in [-0.39, 0.29) is 0 Å². The fraction of sp³-hybridized carbons (Fsp3) is 0.500. The molecule has 0 bridgehead atoms. The third kappa shape index (κ3) is 3.02. The Balaban J connectivity index is 1.72. The molecule has 1 aliphatic carbocycles. The van der Waals surface area contributed by atoms with Gasteiger partial charge in [-0.25, -0.2) is 9.50 Å². The van der Waals surface area contributed by atoms with Gasteiger partial charge in [-0.1, -0.05) is 40.0 Å². The number of aromatic amines is 1. The van der Waals surface area contributed by atoms with Crippen LogP contribution in [0.15, 0.2) is 18.6 Å². The lowest BCUT2D eigenvalue weighted by Gasteiger charge is -2.22. The van der Waals surface area contributed by atoms with Gasteiger partial charge in [0.25, 0.3) is 0 Å². The van der Waals surface area contributed by atoms with Crippen molar-refractivity contribution in [2.45, 2.75) is 78.1 Å². The fourth-order valence-corrected chi connectivity index (χ4v) is 6.72. The third-order valence-corrected chi connectivity index (χ3v) is 7.88. The zero-order valence-electron chi connectivity index (χ0n) is 17.9. The van der Waals surface area contributed by atoms with E-state index < -0.39 is 0 Å². The first-order chi connectivity index (χ1) is 14.1. The SMILES string of the molecule is CCc1c(C2CCCCC2)sc2[nH]c(-c3cc(C)c4ncnn4c3)c(C(C)C)c12. The maximum absolute atomic E-state index is 4.39. The molecule has 0 aromatic carbocycles. The van der Waals surface area contributed by atoms with Crippen molar-refractivity contribution in [1.82, 2.24) is 19.6 Å². The summed E-state index contributed by atoms with van der Waals surface area (Å²) >= 11 is 2.02. The summed E-state index contributed by atoms with van der Waals surface area (Å²) < 4.78 is 1.90. The van der Waals surface area contributed by atoms with Crippen LogP contribution in [-0.4, -0.2) is 19.6 Å². The minimum atomic E-state index is 0.463. The molecule has 0 radical (unpaired) electrons. The van der Waals surface area contributed by atoms with Crippen molar-refractivity contribution < 1.29 is 0 Å². The first-order valence-corrected chi connectivity index (χ1v) is 11.9. The Morgan fingerprint density at radius 2 is 2.03 bits per heavy atom. The van der Waals surface area contributed by atoms with Crippen molar-refractivity contribution in [2.75, 3.05) is 0 Å². The van der Waals surface area contributed by atoms with E-state index in [0.29, 0.717) is 5.92 Å². The van der Waals surface area contributed by atoms with Crippen molar-refractivity contribution >= 4 is 27.2 Å². The van der Waals surface area contributed by atoms with Crippen molar-refractivity contribution in [2.24, 2.45) is 0 Å². The summed E-state index contributed by atoms with van der Waals surface area (Å²) in [5, 5.41) is 5.88. The highest BCUT2D eigenvalue weighted by Crippen LogP contribution is 2.47. The molecule has 0 saturated heterocycles. The van der Waals surface area contributed by atoms with Crippen LogP contribution < -0.4 is 0 Å². The Labute approximate surface area is 176 Å². The number of hydrogen-bond acceptors (Lipinski definition) is 3. The van der Waals surface area contributed by atoms with Crippen LogP contribution in [0.2, 0.25) is 0 Å². The Morgan fingerprint density at radius 1 is 1.24 bits per heavy atom. The molecular formula is C24H30N4S. The monoisotopic (exact) mass is 406 g/mol. The number of rotatable bonds is 4. The van der Waals surface area contributed by atoms with Gasteiger partial charge in [-0.2, -0.15) is 5.10 Å². The lowest BCUT2D eigenvalue weighted by Crippen LogP contribution is -2.05. The van der Waals surface area contributed by atoms with Crippen molar-refractivity contribution in [1.29, 1.82) is 0 Å². The van der Waals surface area contributed by atoms with Gasteiger partial charge in [-0.15, -0.1) is 11.3 Å². The number of pyridine rings is 1. The van der Waals surface area contributed by atoms with Crippen molar-refractivity contribution in [3.8, 4) is 11.3 Å². The molecule has 4 aromatic heterocycles. The molecule has 4 heterocycles. The summed E-state index contributed by atoms with van der Waals surface area (Å²) in [6, 6.07) is 2.25. The van der Waals surface area contributed by atoms with Crippen LogP contribution in [0.4, 0.5) is 0 Å². The number of thiophene rings is 1. The molecule has 29 heavy (non-hydrogen) atoms. The Bertz CT molecular complexity index is 1170. The van der Waals surface area contributed by atoms with Crippen molar-refractivity contribution in [3.05, 3.63) is 40.2 Å². The molecule has 4 aromatic rings. The first kappa shape index (κ1) is 18.9. The van der Waals surface area contributed by atoms with Crippen LogP contribution >= 0.6 is 11.3 Å². The van der Waals surface area contributed by atoms with Crippen LogP contribution in [0.5, 0.6) is 0 Å². The smallest absolute Gasteiger partial charge is 0.158 e. The van der Waals surface area contributed by atoms with E-state index in [1.165, 1.54) is 59.1 Å². The molecule has 5 rings (SSSR count). The number of aromatic nitrogens is 4. The molecule has 0 atom stereocenters. The van der Waals surface area contributed by atoms with E-state index >= 15 is 0 Å². The highest BCUT2D eigenvalue weighted by atomic mass is 32.1. The standard InChI is InChI=1S/C24H30N4S/c1-5-18-20-19(14(2)3)21(17-11-15(4)23-25-13-26-28(23)12-17)27-24(20)29-22(18)16-9-7-6-8-10-16/h11-14,16,27H,5-10H2,1-4H3. The van der Waals surface area contributed by atoms with E-state index in [4.69, 9.17) is 0 Å². The normalized spacial score (nSPS) is 15.9. The second-order valence-electron chi connectivity index (χ2n) is 8.85. The van der Waals surface area contributed by atoms with Crippen LogP contribution in [-0.2, 0) is 6.42 Å². The molecule has 1 saturated carbocycles. The lowest BCUT2D eigenvalue weighted by molar-refractivity contribution is 0.447. The van der Waals surface area contributed by atoms with E-state index in [9.17, 15) is 0 Å². The van der Waals surface area contributed by atoms with Gasteiger partial charge < -0.3 is 4.98 Å². The molecular weight excluding hydrogens is 376 g/mol. The van der Waals surface area contributed by atoms with Crippen LogP contribution in [0.3, 0.4) is 0 Å². The lowest BCUT2D eigenvalue weighted by atomic mass is 9.85. The zero-order valence-corrected chi connectivity index (χ0v) is 18.7. The molecule has 0 amide bonds. The van der Waals surface area contributed by atoms with Gasteiger partial charge in [0.1, 0.15) is 11.2 Å². The molecule has 0 spiro atoms. The van der Waals surface area contributed by atoms with Crippen LogP contribution in [0.1, 0.15) is 86.3 Å². The van der Waals surface area contributed by atoms with Crippen LogP contribution in [0, 0.1) is 6.92 Å². The predicted octanol–water partition coefficient (Wildman–Crippen LogP) is 6.98. The Kier molecular flexibility index (Phi) is 4.73. The molecule has 1 fully saturated rings. The van der Waals surface area contributed by atoms with E-state index in [2.05, 4.69) is 55.0 Å². The maximum Gasteiger partial charge on any atom is 0.158 e. The largest absolute Gasteiger partial charge is 0.346 e. The van der Waals surface area contributed by atoms with Gasteiger partial charge in [0.05, 0.1) is 5.69 Å². The number of hydrogen-bond donors (Lipinski definition) is 1. The molecule has 1 N–H and O–H groups in total. The quantitative estimate of drug-likeness (QED) is 0.397. The fourth-order valence-electron chi connectivity index (χ4n) is 5.24. The van der Waals surface area contributed by atoms with Gasteiger partial charge in [0.15, 0.2) is 5.65 Å². The topological polar surface area (TPSA) is 46.0 Å². The second-order valence-corrected chi connectivity index (χ2v) is 9.90. The first-order valence-electron chi connectivity index (χ1n) is 11.1. The summed E-state index contributed by atoms with van der Waals surface area (Å²) in [4.78, 5) is 11.2. The highest BCUT2D eigenvalue weighted by molar-refractivity contribution is 7.19. The summed E-state index contributed by atoms with van der Waals surface area (Å²) in [6.07, 6.45) is 11.8. The van der Waals surface area contributed by atoms with Gasteiger partial charge in [0.2, 0.25) is 0 Å². The molecule has 0 aliphatic heterocycles. The third-order valence-electron chi connectivity index (χ3n) is 6.57. The summed E-state index contributed by atoms with van der Waals surface area (Å²) in [5.74, 6) is 1.23. The Hall–Kier alpha value is -2.14. The van der Waals surface area contributed by atoms with E-state index in [1.807, 2.05) is 15.9 Å². The van der Waals surface area contributed by atoms with Gasteiger partial charge >= 0.3 is 0 Å². The molecule has 0 unspecified atom stereocenters. The average molecular weight is 407 g/mol. The Morgan fingerprint density at radius 3 is 2.76 bits per heavy atom. The van der Waals surface area contributed by atoms with Crippen molar-refractivity contribution in [3.63, 3.8) is 0 Å². The second kappa shape index (κ2) is 7.28.